The molecule has 1 fully saturated rings. The Labute approximate surface area is 133 Å². The van der Waals surface area contributed by atoms with Gasteiger partial charge in [-0.25, -0.2) is 9.37 Å². The van der Waals surface area contributed by atoms with Crippen molar-refractivity contribution in [2.45, 2.75) is 26.2 Å². The van der Waals surface area contributed by atoms with Crippen molar-refractivity contribution in [1.29, 1.82) is 0 Å². The molecule has 0 bridgehead atoms. The number of carbonyl (C=O) groups is 1. The van der Waals surface area contributed by atoms with Gasteiger partial charge < -0.3 is 10.2 Å². The Hall–Kier alpha value is -1.69. The van der Waals surface area contributed by atoms with E-state index in [1.165, 1.54) is 23.5 Å². The largest absolute Gasteiger partial charge is 0.356 e. The average molecular weight is 321 g/mol. The number of nitrogens with zero attached hydrogens (tertiary/aromatic N) is 2. The molecule has 1 aliphatic rings. The summed E-state index contributed by atoms with van der Waals surface area (Å²) >= 11 is 1.52. The summed E-state index contributed by atoms with van der Waals surface area (Å²) in [7, 11) is 0. The lowest BCUT2D eigenvalue weighted by Gasteiger charge is -2.31. The minimum Gasteiger partial charge on any atom is -0.356 e. The molecule has 0 saturated carbocycles. The number of halogens is 1. The second-order valence-corrected chi connectivity index (χ2v) is 6.67. The van der Waals surface area contributed by atoms with Gasteiger partial charge in [-0.15, -0.1) is 0 Å². The van der Waals surface area contributed by atoms with E-state index in [1.807, 2.05) is 0 Å². The van der Waals surface area contributed by atoms with Gasteiger partial charge in [-0.2, -0.15) is 0 Å². The average Bonchev–Trinajstić information content (AvgIpc) is 2.95. The van der Waals surface area contributed by atoms with E-state index >= 15 is 0 Å². The molecule has 2 heterocycles. The van der Waals surface area contributed by atoms with Crippen LogP contribution in [0.25, 0.3) is 10.2 Å². The smallest absolute Gasteiger partial charge is 0.223 e. The van der Waals surface area contributed by atoms with E-state index in [0.717, 1.165) is 54.2 Å². The first-order valence-corrected chi connectivity index (χ1v) is 8.57. The van der Waals surface area contributed by atoms with E-state index in [9.17, 15) is 9.18 Å². The zero-order valence-electron chi connectivity index (χ0n) is 12.6. The summed E-state index contributed by atoms with van der Waals surface area (Å²) in [4.78, 5) is 18.8. The van der Waals surface area contributed by atoms with Crippen LogP contribution in [0.3, 0.4) is 0 Å². The SMILES string of the molecule is CCCNC(=O)C1CCN(c2nc3ccc(F)cc3s2)CC1. The Morgan fingerprint density at radius 3 is 2.95 bits per heavy atom. The van der Waals surface area contributed by atoms with Crippen LogP contribution in [-0.2, 0) is 4.79 Å². The molecule has 0 spiro atoms. The third kappa shape index (κ3) is 3.21. The van der Waals surface area contributed by atoms with Gasteiger partial charge in [0.25, 0.3) is 0 Å². The molecule has 0 unspecified atom stereocenters. The van der Waals surface area contributed by atoms with Crippen LogP contribution in [0.2, 0.25) is 0 Å². The molecule has 0 atom stereocenters. The molecular formula is C16H20FN3OS. The number of rotatable bonds is 4. The van der Waals surface area contributed by atoms with E-state index < -0.39 is 0 Å². The first kappa shape index (κ1) is 15.2. The van der Waals surface area contributed by atoms with E-state index in [2.05, 4.69) is 22.1 Å². The molecule has 1 amide bonds. The van der Waals surface area contributed by atoms with E-state index in [-0.39, 0.29) is 17.6 Å². The normalized spacial score (nSPS) is 16.2. The van der Waals surface area contributed by atoms with Gasteiger partial charge in [0.2, 0.25) is 5.91 Å². The van der Waals surface area contributed by atoms with E-state index in [0.29, 0.717) is 0 Å². The van der Waals surface area contributed by atoms with Gasteiger partial charge in [-0.3, -0.25) is 4.79 Å². The highest BCUT2D eigenvalue weighted by molar-refractivity contribution is 7.22. The summed E-state index contributed by atoms with van der Waals surface area (Å²) in [5, 5.41) is 3.90. The number of hydrogen-bond donors (Lipinski definition) is 1. The van der Waals surface area contributed by atoms with Crippen molar-refractivity contribution in [3.05, 3.63) is 24.0 Å². The number of nitrogens with one attached hydrogen (secondary N) is 1. The van der Waals surface area contributed by atoms with Gasteiger partial charge in [-0.1, -0.05) is 18.3 Å². The lowest BCUT2D eigenvalue weighted by Crippen LogP contribution is -2.40. The van der Waals surface area contributed by atoms with Crippen LogP contribution >= 0.6 is 11.3 Å². The summed E-state index contributed by atoms with van der Waals surface area (Å²) < 4.78 is 14.1. The van der Waals surface area contributed by atoms with Crippen molar-refractivity contribution in [2.24, 2.45) is 5.92 Å². The number of fused-ring (bicyclic) bond motifs is 1. The lowest BCUT2D eigenvalue weighted by molar-refractivity contribution is -0.125. The molecule has 0 radical (unpaired) electrons. The highest BCUT2D eigenvalue weighted by Crippen LogP contribution is 2.31. The molecule has 1 aromatic heterocycles. The molecule has 1 aromatic carbocycles. The second kappa shape index (κ2) is 6.60. The molecule has 4 nitrogen and oxygen atoms in total. The maximum atomic E-state index is 13.3. The number of thiazole rings is 1. The van der Waals surface area contributed by atoms with Crippen LogP contribution in [-0.4, -0.2) is 30.5 Å². The van der Waals surface area contributed by atoms with Gasteiger partial charge >= 0.3 is 0 Å². The summed E-state index contributed by atoms with van der Waals surface area (Å²) in [5.41, 5.74) is 0.837. The fourth-order valence-electron chi connectivity index (χ4n) is 2.75. The minimum atomic E-state index is -0.228. The Balaban J connectivity index is 1.64. The molecular weight excluding hydrogens is 301 g/mol. The number of anilines is 1. The zero-order valence-corrected chi connectivity index (χ0v) is 13.5. The molecule has 2 aromatic rings. The van der Waals surface area contributed by atoms with E-state index in [1.54, 1.807) is 6.07 Å². The van der Waals surface area contributed by atoms with Crippen LogP contribution in [0.15, 0.2) is 18.2 Å². The topological polar surface area (TPSA) is 45.2 Å². The summed E-state index contributed by atoms with van der Waals surface area (Å²) in [6.07, 6.45) is 2.66. The first-order valence-electron chi connectivity index (χ1n) is 7.76. The summed E-state index contributed by atoms with van der Waals surface area (Å²) in [5.74, 6) is 0.0523. The fraction of sp³-hybridized carbons (Fsp3) is 0.500. The van der Waals surface area contributed by atoms with E-state index in [4.69, 9.17) is 0 Å². The molecule has 3 rings (SSSR count). The Bertz CT molecular complexity index is 664. The number of piperidine rings is 1. The Morgan fingerprint density at radius 2 is 2.23 bits per heavy atom. The summed E-state index contributed by atoms with van der Waals surface area (Å²) in [6.45, 7) is 4.46. The standard InChI is InChI=1S/C16H20FN3OS/c1-2-7-18-15(21)11-5-8-20(9-6-11)16-19-13-4-3-12(17)10-14(13)22-16/h3-4,10-11H,2,5-9H2,1H3,(H,18,21). The number of aromatic nitrogens is 1. The van der Waals surface area contributed by atoms with Crippen molar-refractivity contribution in [1.82, 2.24) is 10.3 Å². The van der Waals surface area contributed by atoms with Gasteiger partial charge in [0.1, 0.15) is 5.82 Å². The molecule has 6 heteroatoms. The predicted molar refractivity (Wildman–Crippen MR) is 87.8 cm³/mol. The molecule has 1 saturated heterocycles. The number of carbonyl (C=O) groups excluding carboxylic acids is 1. The van der Waals surface area contributed by atoms with Crippen LogP contribution in [0, 0.1) is 11.7 Å². The molecule has 1 N–H and O–H groups in total. The van der Waals surface area contributed by atoms with Crippen molar-refractivity contribution in [3.63, 3.8) is 0 Å². The van der Waals surface area contributed by atoms with Crippen molar-refractivity contribution >= 4 is 32.6 Å². The summed E-state index contributed by atoms with van der Waals surface area (Å²) in [6, 6.07) is 4.69. The van der Waals surface area contributed by atoms with Gasteiger partial charge in [0.05, 0.1) is 10.2 Å². The van der Waals surface area contributed by atoms with Crippen LogP contribution in [0.5, 0.6) is 0 Å². The quantitative estimate of drug-likeness (QED) is 0.941. The van der Waals surface area contributed by atoms with Crippen molar-refractivity contribution < 1.29 is 9.18 Å². The van der Waals surface area contributed by atoms with Crippen molar-refractivity contribution in [2.75, 3.05) is 24.5 Å². The second-order valence-electron chi connectivity index (χ2n) is 5.66. The Kier molecular flexibility index (Phi) is 4.57. The van der Waals surface area contributed by atoms with Gasteiger partial charge in [-0.05, 0) is 37.5 Å². The maximum Gasteiger partial charge on any atom is 0.223 e. The third-order valence-electron chi connectivity index (χ3n) is 4.02. The molecule has 1 aliphatic heterocycles. The predicted octanol–water partition coefficient (Wildman–Crippen LogP) is 3.18. The highest BCUT2D eigenvalue weighted by atomic mass is 32.1. The maximum absolute atomic E-state index is 13.3. The van der Waals surface area contributed by atoms with Gasteiger partial charge in [0, 0.05) is 25.6 Å². The van der Waals surface area contributed by atoms with Crippen LogP contribution < -0.4 is 10.2 Å². The highest BCUT2D eigenvalue weighted by Gasteiger charge is 2.26. The Morgan fingerprint density at radius 1 is 1.45 bits per heavy atom. The van der Waals surface area contributed by atoms with Crippen molar-refractivity contribution in [3.8, 4) is 0 Å². The number of amides is 1. The first-order chi connectivity index (χ1) is 10.7. The molecule has 22 heavy (non-hydrogen) atoms. The molecule has 118 valence electrons. The zero-order chi connectivity index (χ0) is 15.5. The van der Waals surface area contributed by atoms with Crippen LogP contribution in [0.4, 0.5) is 9.52 Å². The number of hydrogen-bond acceptors (Lipinski definition) is 4. The fourth-order valence-corrected chi connectivity index (χ4v) is 3.79. The third-order valence-corrected chi connectivity index (χ3v) is 5.10. The number of benzene rings is 1. The van der Waals surface area contributed by atoms with Gasteiger partial charge in [0.15, 0.2) is 5.13 Å². The lowest BCUT2D eigenvalue weighted by atomic mass is 9.96. The minimum absolute atomic E-state index is 0.106. The van der Waals surface area contributed by atoms with Crippen LogP contribution in [0.1, 0.15) is 26.2 Å². The molecule has 0 aliphatic carbocycles. The monoisotopic (exact) mass is 321 g/mol.